The summed E-state index contributed by atoms with van der Waals surface area (Å²) in [7, 11) is 0. The SMILES string of the molecule is CC/C=C\C/C=C\C/C=C\C/C=C\C/C=C\C/C=C\C/C=C\C/C=C\C/C=C\CCCC(=O)OCC(COC(=O)CCCCCCC/C=C\CCCCCCCC)OC(=O)CCCCCCC/C=C\CCCCCCCC. The van der Waals surface area contributed by atoms with Gasteiger partial charge in [0, 0.05) is 19.3 Å². The highest BCUT2D eigenvalue weighted by Gasteiger charge is 2.19. The average molecular weight is 1070 g/mol. The van der Waals surface area contributed by atoms with E-state index in [1.54, 1.807) is 0 Å². The first-order valence-electron chi connectivity index (χ1n) is 31.7. The predicted molar refractivity (Wildman–Crippen MR) is 334 cm³/mol. The van der Waals surface area contributed by atoms with Gasteiger partial charge in [0.25, 0.3) is 0 Å². The highest BCUT2D eigenvalue weighted by atomic mass is 16.6. The standard InChI is InChI=1S/C71H116O6/c1-4-7-10-13-16-19-22-25-28-29-30-31-32-33-34-35-36-37-38-39-40-41-44-46-49-52-55-58-61-64-70(73)76-67-68(77-71(74)65-62-59-56-53-50-47-43-27-24-21-18-15-12-9-6-3)66-75-69(72)63-60-57-54-51-48-45-42-26-23-20-17-14-11-8-5-2/h7,10,16,19,25-28,30-31,33-34,36-37,39-40,42-44,46,52,55,68H,4-6,8-9,11-15,17-18,20-24,29,32,35,38,41,45,47-51,53-54,56-67H2,1-3H3/b10-7-,19-16-,28-25-,31-30-,34-33-,37-36-,40-39-,42-26-,43-27-,46-44-,55-52-. The van der Waals surface area contributed by atoms with E-state index in [2.05, 4.69) is 154 Å². The van der Waals surface area contributed by atoms with Gasteiger partial charge >= 0.3 is 17.9 Å². The van der Waals surface area contributed by atoms with Crippen LogP contribution in [-0.4, -0.2) is 37.2 Å². The van der Waals surface area contributed by atoms with E-state index in [4.69, 9.17) is 14.2 Å². The molecule has 0 aliphatic rings. The summed E-state index contributed by atoms with van der Waals surface area (Å²) in [5.74, 6) is -0.984. The topological polar surface area (TPSA) is 78.9 Å². The van der Waals surface area contributed by atoms with Gasteiger partial charge in [-0.15, -0.1) is 0 Å². The van der Waals surface area contributed by atoms with Crippen molar-refractivity contribution < 1.29 is 28.6 Å². The minimum atomic E-state index is -0.814. The van der Waals surface area contributed by atoms with Crippen LogP contribution in [0.5, 0.6) is 0 Å². The van der Waals surface area contributed by atoms with Crippen LogP contribution in [-0.2, 0) is 28.6 Å². The van der Waals surface area contributed by atoms with E-state index in [1.165, 1.54) is 103 Å². The Bertz CT molecular complexity index is 1650. The fourth-order valence-electron chi connectivity index (χ4n) is 8.37. The first kappa shape index (κ1) is 72.5. The van der Waals surface area contributed by atoms with E-state index in [9.17, 15) is 14.4 Å². The Hall–Kier alpha value is -4.45. The molecule has 0 heterocycles. The van der Waals surface area contributed by atoms with Crippen molar-refractivity contribution >= 4 is 17.9 Å². The van der Waals surface area contributed by atoms with Crippen LogP contribution in [0.3, 0.4) is 0 Å². The smallest absolute Gasteiger partial charge is 0.306 e. The Labute approximate surface area is 475 Å². The number of carbonyl (C=O) groups excluding carboxylic acids is 3. The lowest BCUT2D eigenvalue weighted by atomic mass is 10.1. The van der Waals surface area contributed by atoms with Crippen molar-refractivity contribution in [3.63, 3.8) is 0 Å². The molecule has 0 aromatic heterocycles. The number of unbranched alkanes of at least 4 members (excludes halogenated alkanes) is 23. The molecule has 0 saturated carbocycles. The fraction of sp³-hybridized carbons (Fsp3) is 0.648. The zero-order valence-electron chi connectivity index (χ0n) is 49.9. The molecule has 6 heteroatoms. The van der Waals surface area contributed by atoms with Crippen molar-refractivity contribution in [1.29, 1.82) is 0 Å². The van der Waals surface area contributed by atoms with Gasteiger partial charge in [-0.05, 0) is 135 Å². The number of carbonyl (C=O) groups is 3. The first-order valence-corrected chi connectivity index (χ1v) is 31.7. The maximum Gasteiger partial charge on any atom is 0.306 e. The molecule has 436 valence electrons. The molecule has 0 aliphatic carbocycles. The molecule has 0 bridgehead atoms. The lowest BCUT2D eigenvalue weighted by Crippen LogP contribution is -2.30. The molecule has 6 nitrogen and oxygen atoms in total. The normalized spacial score (nSPS) is 13.0. The molecule has 1 atom stereocenters. The lowest BCUT2D eigenvalue weighted by Gasteiger charge is -2.18. The zero-order valence-corrected chi connectivity index (χ0v) is 49.9. The molecule has 0 radical (unpaired) electrons. The van der Waals surface area contributed by atoms with Crippen molar-refractivity contribution in [2.75, 3.05) is 13.2 Å². The molecule has 0 aliphatic heterocycles. The van der Waals surface area contributed by atoms with Gasteiger partial charge in [0.15, 0.2) is 6.10 Å². The molecular formula is C71H116O6. The second-order valence-corrected chi connectivity index (χ2v) is 20.6. The Balaban J connectivity index is 4.46. The molecule has 0 spiro atoms. The van der Waals surface area contributed by atoms with Crippen molar-refractivity contribution in [1.82, 2.24) is 0 Å². The Morgan fingerprint density at radius 3 is 0.857 bits per heavy atom. The molecular weight excluding hydrogens is 949 g/mol. The van der Waals surface area contributed by atoms with Gasteiger partial charge in [0.05, 0.1) is 0 Å². The lowest BCUT2D eigenvalue weighted by molar-refractivity contribution is -0.167. The monoisotopic (exact) mass is 1060 g/mol. The van der Waals surface area contributed by atoms with Crippen LogP contribution < -0.4 is 0 Å². The van der Waals surface area contributed by atoms with Crippen LogP contribution in [0.25, 0.3) is 0 Å². The molecule has 0 saturated heterocycles. The molecule has 0 aromatic carbocycles. The summed E-state index contributed by atoms with van der Waals surface area (Å²) < 4.78 is 16.8. The number of hydrogen-bond donors (Lipinski definition) is 0. The van der Waals surface area contributed by atoms with Crippen LogP contribution in [0.1, 0.15) is 278 Å². The molecule has 0 aromatic rings. The zero-order chi connectivity index (χ0) is 55.7. The van der Waals surface area contributed by atoms with Crippen molar-refractivity contribution in [3.05, 3.63) is 134 Å². The van der Waals surface area contributed by atoms with Crippen molar-refractivity contribution in [2.45, 2.75) is 284 Å². The summed E-state index contributed by atoms with van der Waals surface area (Å²) in [5.41, 5.74) is 0. The molecule has 77 heavy (non-hydrogen) atoms. The van der Waals surface area contributed by atoms with Crippen LogP contribution in [0.2, 0.25) is 0 Å². The van der Waals surface area contributed by atoms with E-state index >= 15 is 0 Å². The van der Waals surface area contributed by atoms with Gasteiger partial charge in [-0.2, -0.15) is 0 Å². The third-order valence-corrected chi connectivity index (χ3v) is 13.1. The number of esters is 3. The minimum absolute atomic E-state index is 0.106. The van der Waals surface area contributed by atoms with Gasteiger partial charge in [0.2, 0.25) is 0 Å². The maximum atomic E-state index is 12.9. The third kappa shape index (κ3) is 62.3. The fourth-order valence-corrected chi connectivity index (χ4v) is 8.37. The van der Waals surface area contributed by atoms with Gasteiger partial charge in [-0.25, -0.2) is 0 Å². The minimum Gasteiger partial charge on any atom is -0.462 e. The van der Waals surface area contributed by atoms with Gasteiger partial charge in [-0.3, -0.25) is 14.4 Å². The Morgan fingerprint density at radius 2 is 0.519 bits per heavy atom. The second kappa shape index (κ2) is 64.1. The molecule has 0 rings (SSSR count). The molecule has 0 amide bonds. The van der Waals surface area contributed by atoms with Crippen LogP contribution >= 0.6 is 0 Å². The largest absolute Gasteiger partial charge is 0.462 e. The van der Waals surface area contributed by atoms with Gasteiger partial charge in [-0.1, -0.05) is 257 Å². The molecule has 1 unspecified atom stereocenters. The summed E-state index contributed by atoms with van der Waals surface area (Å²) in [4.78, 5) is 38.2. The van der Waals surface area contributed by atoms with Gasteiger partial charge < -0.3 is 14.2 Å². The van der Waals surface area contributed by atoms with E-state index in [0.29, 0.717) is 19.3 Å². The average Bonchev–Trinajstić information content (AvgIpc) is 3.43. The Kier molecular flexibility index (Phi) is 60.4. The van der Waals surface area contributed by atoms with Crippen LogP contribution in [0, 0.1) is 0 Å². The third-order valence-electron chi connectivity index (χ3n) is 13.1. The quantitative estimate of drug-likeness (QED) is 0.0261. The number of allylic oxidation sites excluding steroid dienone is 22. The number of ether oxygens (including phenoxy) is 3. The molecule has 0 fully saturated rings. The molecule has 0 N–H and O–H groups in total. The van der Waals surface area contributed by atoms with E-state index < -0.39 is 6.10 Å². The maximum absolute atomic E-state index is 12.9. The second-order valence-electron chi connectivity index (χ2n) is 20.6. The van der Waals surface area contributed by atoms with Crippen molar-refractivity contribution in [3.8, 4) is 0 Å². The van der Waals surface area contributed by atoms with E-state index in [1.807, 2.05) is 0 Å². The summed E-state index contributed by atoms with van der Waals surface area (Å²) in [5, 5.41) is 0. The van der Waals surface area contributed by atoms with E-state index in [0.717, 1.165) is 128 Å². The van der Waals surface area contributed by atoms with Crippen LogP contribution in [0.4, 0.5) is 0 Å². The first-order chi connectivity index (χ1) is 38.0. The summed E-state index contributed by atoms with van der Waals surface area (Å²) in [6.07, 6.45) is 90.3. The highest BCUT2D eigenvalue weighted by Crippen LogP contribution is 2.14. The van der Waals surface area contributed by atoms with Crippen LogP contribution in [0.15, 0.2) is 134 Å². The Morgan fingerprint density at radius 1 is 0.273 bits per heavy atom. The summed E-state index contributed by atoms with van der Waals surface area (Å²) in [6, 6.07) is 0. The number of hydrogen-bond acceptors (Lipinski definition) is 6. The van der Waals surface area contributed by atoms with E-state index in [-0.39, 0.29) is 37.5 Å². The highest BCUT2D eigenvalue weighted by molar-refractivity contribution is 5.71. The number of rotatable bonds is 56. The van der Waals surface area contributed by atoms with Gasteiger partial charge in [0.1, 0.15) is 13.2 Å². The summed E-state index contributed by atoms with van der Waals surface area (Å²) >= 11 is 0. The predicted octanol–water partition coefficient (Wildman–Crippen LogP) is 21.8. The van der Waals surface area contributed by atoms with Crippen molar-refractivity contribution in [2.24, 2.45) is 0 Å². The summed E-state index contributed by atoms with van der Waals surface area (Å²) in [6.45, 7) is 6.46.